The van der Waals surface area contributed by atoms with Crippen molar-refractivity contribution in [3.63, 3.8) is 0 Å². The Hall–Kier alpha value is -0.877. The molecular formula is C21H22Cl2Zr-2. The molecule has 0 aromatic heterocycles. The maximum Gasteiger partial charge on any atom is 4.00 e. The molecule has 3 heteroatoms. The number of hydrogen-bond donors (Lipinski definition) is 0. The van der Waals surface area contributed by atoms with E-state index in [0.29, 0.717) is 0 Å². The Bertz CT molecular complexity index is 736. The quantitative estimate of drug-likeness (QED) is 0.349. The molecular weight excluding hydrogens is 414 g/mol. The number of fused-ring (bicyclic) bond motifs is 2. The first kappa shape index (κ1) is 27.9. The molecule has 0 heterocycles. The van der Waals surface area contributed by atoms with Gasteiger partial charge < -0.3 is 39.7 Å². The second kappa shape index (κ2) is 13.4. The van der Waals surface area contributed by atoms with Crippen molar-refractivity contribution in [2.75, 3.05) is 0 Å². The van der Waals surface area contributed by atoms with Gasteiger partial charge in [-0.2, -0.15) is 23.6 Å². The van der Waals surface area contributed by atoms with E-state index in [1.807, 2.05) is 0 Å². The second-order valence-electron chi connectivity index (χ2n) is 4.82. The van der Waals surface area contributed by atoms with Gasteiger partial charge in [0, 0.05) is 0 Å². The third kappa shape index (κ3) is 6.93. The molecule has 0 saturated heterocycles. The molecule has 0 atom stereocenters. The van der Waals surface area contributed by atoms with Gasteiger partial charge >= 0.3 is 26.2 Å². The molecule has 0 N–H and O–H groups in total. The van der Waals surface area contributed by atoms with Crippen LogP contribution in [-0.4, -0.2) is 0 Å². The van der Waals surface area contributed by atoms with E-state index in [1.165, 1.54) is 27.1 Å². The van der Waals surface area contributed by atoms with Crippen molar-refractivity contribution in [2.24, 2.45) is 0 Å². The predicted octanol–water partition coefficient (Wildman–Crippen LogP) is 0.332. The molecule has 0 aliphatic heterocycles. The molecule has 4 aromatic rings. The predicted molar refractivity (Wildman–Crippen MR) is 96.6 cm³/mol. The van der Waals surface area contributed by atoms with Crippen molar-refractivity contribution >= 4 is 21.5 Å². The maximum absolute atomic E-state index is 2.20. The Kier molecular flexibility index (Phi) is 15.6. The van der Waals surface area contributed by atoms with Crippen LogP contribution in [0.25, 0.3) is 21.5 Å². The van der Waals surface area contributed by atoms with Crippen molar-refractivity contribution in [1.29, 1.82) is 0 Å². The van der Waals surface area contributed by atoms with E-state index >= 15 is 0 Å². The first-order chi connectivity index (χ1) is 9.33. The Morgan fingerprint density at radius 3 is 1.83 bits per heavy atom. The molecule has 0 spiro atoms. The molecule has 0 aliphatic rings. The summed E-state index contributed by atoms with van der Waals surface area (Å²) in [4.78, 5) is 0. The molecule has 0 amide bonds. The second-order valence-corrected chi connectivity index (χ2v) is 4.82. The van der Waals surface area contributed by atoms with Crippen LogP contribution in [0, 0.1) is 21.8 Å². The summed E-state index contributed by atoms with van der Waals surface area (Å²) in [5.41, 5.74) is 1.35. The molecule has 4 rings (SSSR count). The van der Waals surface area contributed by atoms with Crippen LogP contribution in [0.3, 0.4) is 0 Å². The van der Waals surface area contributed by atoms with E-state index in [-0.39, 0.29) is 65.9 Å². The van der Waals surface area contributed by atoms with Gasteiger partial charge in [-0.1, -0.05) is 19.1 Å². The molecule has 0 bridgehead atoms. The van der Waals surface area contributed by atoms with Crippen LogP contribution < -0.4 is 24.8 Å². The summed E-state index contributed by atoms with van der Waals surface area (Å²) < 4.78 is 0. The number of rotatable bonds is 0. The zero-order valence-electron chi connectivity index (χ0n) is 14.3. The fraction of sp³-hybridized carbons (Fsp3) is 0.0476. The first-order valence-corrected chi connectivity index (χ1v) is 6.55. The molecule has 4 aromatic carbocycles. The molecule has 0 fully saturated rings. The summed E-state index contributed by atoms with van der Waals surface area (Å²) in [7, 11) is 0. The fourth-order valence-electron chi connectivity index (χ4n) is 2.38. The summed E-state index contributed by atoms with van der Waals surface area (Å²) in [5, 5.41) is 5.36. The fourth-order valence-corrected chi connectivity index (χ4v) is 2.38. The summed E-state index contributed by atoms with van der Waals surface area (Å²) in [6, 6.07) is 27.5. The zero-order chi connectivity index (χ0) is 13.1. The Balaban J connectivity index is -0.000000305. The van der Waals surface area contributed by atoms with Crippen LogP contribution in [0.5, 0.6) is 0 Å². The molecule has 0 aliphatic carbocycles. The largest absolute Gasteiger partial charge is 4.00 e. The summed E-state index contributed by atoms with van der Waals surface area (Å²) in [6.07, 6.45) is 0. The standard InChI is InChI=1S/C10H9.C9H7.2CH3.2ClH.Zr/c1-8-6-9-4-2-3-5-10(9)7-8;1-2-5-9-7-3-6-8(9)4-1;;;;;/h2-7H,1H3;1-7H;2*1H3;2*1H;/q4*-1;;;+4/p-2. The Morgan fingerprint density at radius 2 is 1.25 bits per heavy atom. The number of benzene rings is 2. The number of hydrogen-bond acceptors (Lipinski definition) is 0. The Morgan fingerprint density at radius 1 is 0.708 bits per heavy atom. The Labute approximate surface area is 177 Å². The smallest absolute Gasteiger partial charge is 1.00 e. The maximum atomic E-state index is 2.20. The van der Waals surface area contributed by atoms with Gasteiger partial charge in [0.25, 0.3) is 0 Å². The van der Waals surface area contributed by atoms with Crippen LogP contribution in [0.4, 0.5) is 0 Å². The van der Waals surface area contributed by atoms with E-state index in [0.717, 1.165) is 0 Å². The monoisotopic (exact) mass is 434 g/mol. The van der Waals surface area contributed by atoms with Gasteiger partial charge in [-0.15, -0.1) is 70.3 Å². The van der Waals surface area contributed by atoms with Crippen LogP contribution in [0.15, 0.2) is 78.9 Å². The van der Waals surface area contributed by atoms with Gasteiger partial charge in [-0.05, 0) is 0 Å². The number of halogens is 2. The minimum atomic E-state index is 0. The molecule has 0 saturated carbocycles. The molecule has 126 valence electrons. The van der Waals surface area contributed by atoms with Crippen molar-refractivity contribution in [1.82, 2.24) is 0 Å². The third-order valence-corrected chi connectivity index (χ3v) is 3.31. The molecule has 0 radical (unpaired) electrons. The minimum absolute atomic E-state index is 0. The van der Waals surface area contributed by atoms with E-state index in [4.69, 9.17) is 0 Å². The average molecular weight is 437 g/mol. The molecule has 24 heavy (non-hydrogen) atoms. The van der Waals surface area contributed by atoms with Crippen molar-refractivity contribution in [3.05, 3.63) is 99.3 Å². The summed E-state index contributed by atoms with van der Waals surface area (Å²) in [5.74, 6) is 0. The van der Waals surface area contributed by atoms with Gasteiger partial charge in [-0.3, -0.25) is 0 Å². The van der Waals surface area contributed by atoms with Gasteiger partial charge in [-0.25, -0.2) is 0 Å². The number of aryl methyl sites for hydroxylation is 1. The summed E-state index contributed by atoms with van der Waals surface area (Å²) in [6.45, 7) is 2.12. The third-order valence-electron chi connectivity index (χ3n) is 3.31. The van der Waals surface area contributed by atoms with E-state index in [2.05, 4.69) is 85.8 Å². The minimum Gasteiger partial charge on any atom is -1.00 e. The van der Waals surface area contributed by atoms with Gasteiger partial charge in [0.1, 0.15) is 0 Å². The SMILES string of the molecule is Cc1cc2ccccc2[cH-]1.[CH3-].[CH3-].[Cl-].[Cl-].[Zr+4].c1ccc2[cH-]ccc2c1. The van der Waals surface area contributed by atoms with Gasteiger partial charge in [0.15, 0.2) is 0 Å². The topological polar surface area (TPSA) is 0 Å². The summed E-state index contributed by atoms with van der Waals surface area (Å²) >= 11 is 0. The van der Waals surface area contributed by atoms with Gasteiger partial charge in [0.05, 0.1) is 0 Å². The van der Waals surface area contributed by atoms with E-state index in [9.17, 15) is 0 Å². The normalized spacial score (nSPS) is 8.21. The van der Waals surface area contributed by atoms with E-state index in [1.54, 1.807) is 0 Å². The van der Waals surface area contributed by atoms with Crippen LogP contribution >= 0.6 is 0 Å². The zero-order valence-corrected chi connectivity index (χ0v) is 18.2. The van der Waals surface area contributed by atoms with Crippen LogP contribution in [-0.2, 0) is 26.2 Å². The van der Waals surface area contributed by atoms with Gasteiger partial charge in [0.2, 0.25) is 0 Å². The average Bonchev–Trinajstić information content (AvgIpc) is 3.03. The molecule has 0 nitrogen and oxygen atoms in total. The molecule has 0 unspecified atom stereocenters. The van der Waals surface area contributed by atoms with E-state index < -0.39 is 0 Å². The van der Waals surface area contributed by atoms with Crippen LogP contribution in [0.1, 0.15) is 5.56 Å². The van der Waals surface area contributed by atoms with Crippen LogP contribution in [0.2, 0.25) is 0 Å². The van der Waals surface area contributed by atoms with Crippen molar-refractivity contribution in [3.8, 4) is 0 Å². The van der Waals surface area contributed by atoms with Crippen molar-refractivity contribution in [2.45, 2.75) is 6.92 Å². The van der Waals surface area contributed by atoms with Crippen molar-refractivity contribution < 1.29 is 51.0 Å². The first-order valence-electron chi connectivity index (χ1n) is 6.55.